The van der Waals surface area contributed by atoms with E-state index in [2.05, 4.69) is 180 Å². The molecule has 0 radical (unpaired) electrons. The van der Waals surface area contributed by atoms with Crippen LogP contribution in [0.1, 0.15) is 6.92 Å². The lowest BCUT2D eigenvalue weighted by atomic mass is 10.0. The van der Waals surface area contributed by atoms with Crippen LogP contribution in [-0.4, -0.2) is 9.13 Å². The first kappa shape index (κ1) is 26.7. The van der Waals surface area contributed by atoms with Gasteiger partial charge in [0.25, 0.3) is 0 Å². The Balaban J connectivity index is 1.34. The van der Waals surface area contributed by atoms with E-state index in [1.54, 1.807) is 0 Å². The van der Waals surface area contributed by atoms with Gasteiger partial charge in [0.2, 0.25) is 0 Å². The average Bonchev–Trinajstić information content (AvgIpc) is 3.61. The van der Waals surface area contributed by atoms with Crippen LogP contribution in [0.25, 0.3) is 77.2 Å². The lowest BCUT2D eigenvalue weighted by Gasteiger charge is -2.14. The molecule has 0 aliphatic heterocycles. The van der Waals surface area contributed by atoms with Crippen molar-refractivity contribution in [3.05, 3.63) is 170 Å². The molecule has 2 nitrogen and oxygen atoms in total. The smallest absolute Gasteiger partial charge is 0.0541 e. The molecule has 45 heavy (non-hydrogen) atoms. The summed E-state index contributed by atoms with van der Waals surface area (Å²) in [6, 6.07) is 50.6. The van der Waals surface area contributed by atoms with Crippen LogP contribution in [0.3, 0.4) is 0 Å². The van der Waals surface area contributed by atoms with Crippen molar-refractivity contribution in [2.24, 2.45) is 0 Å². The Morgan fingerprint density at radius 3 is 1.82 bits per heavy atom. The third-order valence-corrected chi connectivity index (χ3v) is 8.79. The minimum absolute atomic E-state index is 1.09. The van der Waals surface area contributed by atoms with Crippen molar-refractivity contribution in [2.45, 2.75) is 6.92 Å². The molecule has 214 valence electrons. The monoisotopic (exact) mass is 576 g/mol. The number of rotatable bonds is 6. The van der Waals surface area contributed by atoms with Gasteiger partial charge in [0, 0.05) is 32.8 Å². The molecule has 2 aromatic heterocycles. The Kier molecular flexibility index (Phi) is 6.54. The van der Waals surface area contributed by atoms with Crippen LogP contribution < -0.4 is 0 Å². The fourth-order valence-electron chi connectivity index (χ4n) is 6.87. The molecule has 8 aromatic rings. The molecular formula is C43H32N2. The molecule has 0 unspecified atom stereocenters. The Morgan fingerprint density at radius 1 is 0.533 bits per heavy atom. The summed E-state index contributed by atoms with van der Waals surface area (Å²) in [6.07, 6.45) is 8.14. The minimum Gasteiger partial charge on any atom is -0.309 e. The number of para-hydroxylation sites is 3. The summed E-state index contributed by atoms with van der Waals surface area (Å²) < 4.78 is 4.75. The summed E-state index contributed by atoms with van der Waals surface area (Å²) in [5, 5.41) is 4.98. The third kappa shape index (κ3) is 4.34. The molecule has 2 heterocycles. The summed E-state index contributed by atoms with van der Waals surface area (Å²) >= 11 is 0. The molecule has 0 aliphatic rings. The number of nitrogens with zero attached hydrogens (tertiary/aromatic N) is 2. The van der Waals surface area contributed by atoms with Gasteiger partial charge in [0.1, 0.15) is 0 Å². The Bertz CT molecular complexity index is 2450. The van der Waals surface area contributed by atoms with Gasteiger partial charge in [-0.15, -0.1) is 0 Å². The fraction of sp³-hybridized carbons (Fsp3) is 0.0233. The maximum absolute atomic E-state index is 3.97. The van der Waals surface area contributed by atoms with E-state index in [-0.39, 0.29) is 0 Å². The quantitative estimate of drug-likeness (QED) is 0.174. The van der Waals surface area contributed by atoms with Crippen LogP contribution in [0.15, 0.2) is 170 Å². The topological polar surface area (TPSA) is 9.86 Å². The summed E-state index contributed by atoms with van der Waals surface area (Å²) in [4.78, 5) is 0. The SMILES string of the molecule is C=C/C=C(\C=C/C)n1c2ccccc2c2cc(-c3ccc4c(c3)c3ccccc3n4-c3ccccc3-c3ccccc3)ccc21. The van der Waals surface area contributed by atoms with Crippen molar-refractivity contribution in [3.8, 4) is 27.9 Å². The van der Waals surface area contributed by atoms with Gasteiger partial charge in [0.15, 0.2) is 0 Å². The average molecular weight is 577 g/mol. The van der Waals surface area contributed by atoms with Crippen LogP contribution >= 0.6 is 0 Å². The van der Waals surface area contributed by atoms with Crippen molar-refractivity contribution in [1.29, 1.82) is 0 Å². The van der Waals surface area contributed by atoms with Crippen molar-refractivity contribution >= 4 is 49.3 Å². The van der Waals surface area contributed by atoms with Crippen molar-refractivity contribution in [1.82, 2.24) is 9.13 Å². The fourth-order valence-corrected chi connectivity index (χ4v) is 6.87. The highest BCUT2D eigenvalue weighted by atomic mass is 15.0. The van der Waals surface area contributed by atoms with Gasteiger partial charge in [-0.2, -0.15) is 0 Å². The number of aromatic nitrogens is 2. The van der Waals surface area contributed by atoms with Gasteiger partial charge >= 0.3 is 0 Å². The van der Waals surface area contributed by atoms with E-state index in [4.69, 9.17) is 0 Å². The molecule has 2 heteroatoms. The Morgan fingerprint density at radius 2 is 1.09 bits per heavy atom. The Hall–Kier alpha value is -5.86. The molecule has 8 rings (SSSR count). The molecule has 0 aliphatic carbocycles. The highest BCUT2D eigenvalue weighted by Crippen LogP contribution is 2.39. The molecular weight excluding hydrogens is 544 g/mol. The minimum atomic E-state index is 1.09. The lowest BCUT2D eigenvalue weighted by molar-refractivity contribution is 1.18. The van der Waals surface area contributed by atoms with Gasteiger partial charge in [-0.1, -0.05) is 116 Å². The zero-order chi connectivity index (χ0) is 30.3. The van der Waals surface area contributed by atoms with Crippen LogP contribution in [-0.2, 0) is 0 Å². The van der Waals surface area contributed by atoms with Gasteiger partial charge in [0.05, 0.1) is 27.8 Å². The second-order valence-electron chi connectivity index (χ2n) is 11.4. The molecule has 0 amide bonds. The van der Waals surface area contributed by atoms with Crippen LogP contribution in [0.2, 0.25) is 0 Å². The van der Waals surface area contributed by atoms with Crippen molar-refractivity contribution in [2.75, 3.05) is 0 Å². The van der Waals surface area contributed by atoms with Crippen molar-refractivity contribution < 1.29 is 0 Å². The van der Waals surface area contributed by atoms with E-state index in [0.29, 0.717) is 0 Å². The highest BCUT2D eigenvalue weighted by Gasteiger charge is 2.17. The lowest BCUT2D eigenvalue weighted by Crippen LogP contribution is -1.97. The molecule has 0 N–H and O–H groups in total. The van der Waals surface area contributed by atoms with E-state index in [9.17, 15) is 0 Å². The summed E-state index contributed by atoms with van der Waals surface area (Å²) in [5.41, 5.74) is 11.9. The second kappa shape index (κ2) is 11.0. The Labute approximate surface area is 263 Å². The molecule has 0 bridgehead atoms. The number of benzene rings is 6. The van der Waals surface area contributed by atoms with Gasteiger partial charge < -0.3 is 9.13 Å². The van der Waals surface area contributed by atoms with E-state index in [1.807, 2.05) is 6.08 Å². The molecule has 6 aromatic carbocycles. The number of hydrogen-bond acceptors (Lipinski definition) is 0. The van der Waals surface area contributed by atoms with Gasteiger partial charge in [-0.25, -0.2) is 0 Å². The molecule has 0 saturated carbocycles. The molecule has 0 fully saturated rings. The summed E-state index contributed by atoms with van der Waals surface area (Å²) in [5.74, 6) is 0. The second-order valence-corrected chi connectivity index (χ2v) is 11.4. The maximum Gasteiger partial charge on any atom is 0.0541 e. The van der Waals surface area contributed by atoms with Gasteiger partial charge in [-0.3, -0.25) is 0 Å². The van der Waals surface area contributed by atoms with E-state index < -0.39 is 0 Å². The molecule has 0 saturated heterocycles. The third-order valence-electron chi connectivity index (χ3n) is 8.79. The van der Waals surface area contributed by atoms with Gasteiger partial charge in [-0.05, 0) is 78.2 Å². The first-order valence-electron chi connectivity index (χ1n) is 15.4. The first-order valence-corrected chi connectivity index (χ1v) is 15.4. The largest absolute Gasteiger partial charge is 0.309 e. The van der Waals surface area contributed by atoms with Crippen LogP contribution in [0.5, 0.6) is 0 Å². The molecule has 0 atom stereocenters. The van der Waals surface area contributed by atoms with Crippen molar-refractivity contribution in [3.63, 3.8) is 0 Å². The predicted molar refractivity (Wildman–Crippen MR) is 194 cm³/mol. The number of allylic oxidation sites excluding steroid dienone is 5. The summed E-state index contributed by atoms with van der Waals surface area (Å²) in [6.45, 7) is 6.02. The predicted octanol–water partition coefficient (Wildman–Crippen LogP) is 11.8. The van der Waals surface area contributed by atoms with E-state index >= 15 is 0 Å². The standard InChI is InChI=1S/C43H32N2/c1-3-14-33(15-4-2)44-40-22-12-9-19-35(40)37-28-31(24-26-42(37)44)32-25-27-43-38(29-32)36-20-10-13-23-41(36)45(43)39-21-11-8-18-34(39)30-16-6-5-7-17-30/h3-29H,1H2,2H3/b15-4-,33-14+. The summed E-state index contributed by atoms with van der Waals surface area (Å²) in [7, 11) is 0. The van der Waals surface area contributed by atoms with E-state index in [1.165, 1.54) is 71.6 Å². The zero-order valence-corrected chi connectivity index (χ0v) is 25.2. The van der Waals surface area contributed by atoms with Crippen LogP contribution in [0.4, 0.5) is 0 Å². The normalized spacial score (nSPS) is 12.2. The number of hydrogen-bond donors (Lipinski definition) is 0. The van der Waals surface area contributed by atoms with E-state index in [0.717, 1.165) is 5.70 Å². The molecule has 0 spiro atoms. The highest BCUT2D eigenvalue weighted by molar-refractivity contribution is 6.13. The van der Waals surface area contributed by atoms with Crippen LogP contribution in [0, 0.1) is 0 Å². The zero-order valence-electron chi connectivity index (χ0n) is 25.2. The maximum atomic E-state index is 3.97. The number of fused-ring (bicyclic) bond motifs is 6. The first-order chi connectivity index (χ1) is 22.3.